The van der Waals surface area contributed by atoms with Gasteiger partial charge in [-0.1, -0.05) is 174 Å². The van der Waals surface area contributed by atoms with Gasteiger partial charge in [0.25, 0.3) is 0 Å². The number of esters is 1. The first-order valence-electron chi connectivity index (χ1n) is 18.8. The van der Waals surface area contributed by atoms with Crippen molar-refractivity contribution in [3.8, 4) is 0 Å². The zero-order chi connectivity index (χ0) is 30.9. The summed E-state index contributed by atoms with van der Waals surface area (Å²) in [4.78, 5) is 27.2. The van der Waals surface area contributed by atoms with E-state index >= 15 is 0 Å². The molecule has 0 aliphatic carbocycles. The predicted molar refractivity (Wildman–Crippen MR) is 183 cm³/mol. The molecule has 0 spiro atoms. The molecule has 0 aromatic heterocycles. The molecule has 42 heavy (non-hydrogen) atoms. The van der Waals surface area contributed by atoms with Crippen molar-refractivity contribution >= 4 is 11.8 Å². The lowest BCUT2D eigenvalue weighted by Gasteiger charge is -2.20. The summed E-state index contributed by atoms with van der Waals surface area (Å²) in [5, 5.41) is 0. The predicted octanol–water partition coefficient (Wildman–Crippen LogP) is 11.6. The molecular formula is C38H75NO3. The average molecular weight is 594 g/mol. The van der Waals surface area contributed by atoms with Crippen molar-refractivity contribution in [1.82, 2.24) is 4.90 Å². The summed E-state index contributed by atoms with van der Waals surface area (Å²) in [6.07, 6.45) is 36.5. The monoisotopic (exact) mass is 594 g/mol. The summed E-state index contributed by atoms with van der Waals surface area (Å²) in [7, 11) is 3.98. The highest BCUT2D eigenvalue weighted by Gasteiger charge is 2.21. The van der Waals surface area contributed by atoms with E-state index in [-0.39, 0.29) is 24.3 Å². The third kappa shape index (κ3) is 30.6. The molecule has 0 bridgehead atoms. The molecule has 0 aliphatic heterocycles. The first-order valence-corrected chi connectivity index (χ1v) is 18.8. The van der Waals surface area contributed by atoms with Crippen LogP contribution in [0.1, 0.15) is 200 Å². The van der Waals surface area contributed by atoms with E-state index in [9.17, 15) is 9.59 Å². The first kappa shape index (κ1) is 41.1. The minimum atomic E-state index is -0.197. The van der Waals surface area contributed by atoms with Crippen LogP contribution in [0, 0.1) is 5.92 Å². The van der Waals surface area contributed by atoms with Crippen LogP contribution in [0.25, 0.3) is 0 Å². The van der Waals surface area contributed by atoms with Crippen molar-refractivity contribution in [3.63, 3.8) is 0 Å². The van der Waals surface area contributed by atoms with Gasteiger partial charge in [-0.05, 0) is 26.9 Å². The number of carbonyl (C=O) groups excluding carboxylic acids is 2. The molecule has 0 rings (SSSR count). The molecule has 4 heteroatoms. The second-order valence-corrected chi connectivity index (χ2v) is 13.4. The Kier molecular flexibility index (Phi) is 32.3. The van der Waals surface area contributed by atoms with Crippen LogP contribution in [-0.4, -0.2) is 43.9 Å². The molecule has 0 saturated heterocycles. The Morgan fingerprint density at radius 3 is 1.12 bits per heavy atom. The standard InChI is InChI=1S/C38H75NO3/c1-5-7-9-11-13-15-17-19-20-21-22-24-26-28-30-32-37(40)36(34-39(3)4)35-42-38(41)33-31-29-27-25-23-18-16-14-12-10-8-6-2/h36H,5-35H2,1-4H3. The number of Topliss-reactive ketones (excluding diaryl/α,β-unsaturated/α-hetero) is 1. The van der Waals surface area contributed by atoms with Crippen molar-refractivity contribution in [2.75, 3.05) is 27.2 Å². The Labute approximate surface area is 263 Å². The van der Waals surface area contributed by atoms with E-state index in [1.165, 1.54) is 148 Å². The van der Waals surface area contributed by atoms with Gasteiger partial charge in [-0.3, -0.25) is 9.59 Å². The van der Waals surface area contributed by atoms with E-state index in [0.29, 0.717) is 19.4 Å². The SMILES string of the molecule is CCCCCCCCCCCCCCCCCC(=O)C(COC(=O)CCCCCCCCCCCCCC)CN(C)C. The van der Waals surface area contributed by atoms with Gasteiger partial charge in [-0.25, -0.2) is 0 Å². The Morgan fingerprint density at radius 1 is 0.476 bits per heavy atom. The minimum absolute atomic E-state index is 0.134. The van der Waals surface area contributed by atoms with Crippen LogP contribution in [0.15, 0.2) is 0 Å². The Morgan fingerprint density at radius 2 is 0.786 bits per heavy atom. The number of carbonyl (C=O) groups is 2. The molecule has 0 amide bonds. The number of ether oxygens (including phenoxy) is 1. The van der Waals surface area contributed by atoms with E-state index in [4.69, 9.17) is 4.74 Å². The fraction of sp³-hybridized carbons (Fsp3) is 0.947. The molecule has 0 heterocycles. The lowest BCUT2D eigenvalue weighted by Crippen LogP contribution is -2.32. The molecule has 0 aliphatic rings. The van der Waals surface area contributed by atoms with Crippen LogP contribution in [0.2, 0.25) is 0 Å². The van der Waals surface area contributed by atoms with E-state index in [0.717, 1.165) is 25.7 Å². The van der Waals surface area contributed by atoms with Crippen LogP contribution in [-0.2, 0) is 14.3 Å². The fourth-order valence-corrected chi connectivity index (χ4v) is 5.94. The van der Waals surface area contributed by atoms with Gasteiger partial charge in [0.1, 0.15) is 12.4 Å². The maximum Gasteiger partial charge on any atom is 0.305 e. The van der Waals surface area contributed by atoms with E-state index < -0.39 is 0 Å². The fourth-order valence-electron chi connectivity index (χ4n) is 5.94. The molecule has 250 valence electrons. The van der Waals surface area contributed by atoms with Crippen molar-refractivity contribution in [3.05, 3.63) is 0 Å². The van der Waals surface area contributed by atoms with Gasteiger partial charge in [-0.2, -0.15) is 0 Å². The normalized spacial score (nSPS) is 12.2. The largest absolute Gasteiger partial charge is 0.465 e. The lowest BCUT2D eigenvalue weighted by atomic mass is 9.98. The van der Waals surface area contributed by atoms with Crippen LogP contribution in [0.3, 0.4) is 0 Å². The molecule has 0 N–H and O–H groups in total. The second-order valence-electron chi connectivity index (χ2n) is 13.4. The number of hydrogen-bond acceptors (Lipinski definition) is 4. The Balaban J connectivity index is 3.75. The van der Waals surface area contributed by atoms with E-state index in [1.54, 1.807) is 0 Å². The van der Waals surface area contributed by atoms with Crippen molar-refractivity contribution in [1.29, 1.82) is 0 Å². The summed E-state index contributed by atoms with van der Waals surface area (Å²) >= 11 is 0. The maximum absolute atomic E-state index is 12.9. The first-order chi connectivity index (χ1) is 20.5. The number of rotatable bonds is 34. The van der Waals surface area contributed by atoms with Gasteiger partial charge < -0.3 is 9.64 Å². The Bertz CT molecular complexity index is 577. The summed E-state index contributed by atoms with van der Waals surface area (Å²) in [5.41, 5.74) is 0. The topological polar surface area (TPSA) is 46.6 Å². The number of unbranched alkanes of at least 4 members (excludes halogenated alkanes) is 25. The van der Waals surface area contributed by atoms with Crippen LogP contribution in [0.4, 0.5) is 0 Å². The molecule has 1 atom stereocenters. The van der Waals surface area contributed by atoms with Crippen molar-refractivity contribution < 1.29 is 14.3 Å². The molecule has 0 fully saturated rings. The molecule has 0 aromatic carbocycles. The van der Waals surface area contributed by atoms with Crippen LogP contribution in [0.5, 0.6) is 0 Å². The number of ketones is 1. The van der Waals surface area contributed by atoms with Gasteiger partial charge in [0.05, 0.1) is 5.92 Å². The number of nitrogens with zero attached hydrogens (tertiary/aromatic N) is 1. The average Bonchev–Trinajstić information content (AvgIpc) is 2.97. The van der Waals surface area contributed by atoms with Crippen molar-refractivity contribution in [2.45, 2.75) is 200 Å². The second kappa shape index (κ2) is 33.0. The van der Waals surface area contributed by atoms with Gasteiger partial charge in [0.15, 0.2) is 0 Å². The van der Waals surface area contributed by atoms with Gasteiger partial charge in [0.2, 0.25) is 0 Å². The smallest absolute Gasteiger partial charge is 0.305 e. The lowest BCUT2D eigenvalue weighted by molar-refractivity contribution is -0.146. The van der Waals surface area contributed by atoms with Crippen LogP contribution < -0.4 is 0 Å². The minimum Gasteiger partial charge on any atom is -0.465 e. The maximum atomic E-state index is 12.9. The molecule has 0 aromatic rings. The molecule has 1 unspecified atom stereocenters. The van der Waals surface area contributed by atoms with Crippen LogP contribution >= 0.6 is 0 Å². The summed E-state index contributed by atoms with van der Waals surface area (Å²) in [6, 6.07) is 0. The van der Waals surface area contributed by atoms with Crippen molar-refractivity contribution in [2.24, 2.45) is 5.92 Å². The quantitative estimate of drug-likeness (QED) is 0.0550. The highest BCUT2D eigenvalue weighted by Crippen LogP contribution is 2.16. The number of hydrogen-bond donors (Lipinski definition) is 0. The molecule has 4 nitrogen and oxygen atoms in total. The summed E-state index contributed by atoms with van der Waals surface area (Å²) in [5.74, 6) is -0.0697. The third-order valence-electron chi connectivity index (χ3n) is 8.75. The van der Waals surface area contributed by atoms with E-state index in [1.807, 2.05) is 19.0 Å². The molecular weight excluding hydrogens is 518 g/mol. The highest BCUT2D eigenvalue weighted by atomic mass is 16.5. The van der Waals surface area contributed by atoms with E-state index in [2.05, 4.69) is 13.8 Å². The third-order valence-corrected chi connectivity index (χ3v) is 8.75. The molecule has 0 saturated carbocycles. The van der Waals surface area contributed by atoms with Gasteiger partial charge in [-0.15, -0.1) is 0 Å². The highest BCUT2D eigenvalue weighted by molar-refractivity contribution is 5.81. The Hall–Kier alpha value is -0.900. The van der Waals surface area contributed by atoms with Gasteiger partial charge in [0, 0.05) is 19.4 Å². The molecule has 0 radical (unpaired) electrons. The van der Waals surface area contributed by atoms with Gasteiger partial charge >= 0.3 is 5.97 Å². The zero-order valence-corrected chi connectivity index (χ0v) is 29.2. The summed E-state index contributed by atoms with van der Waals surface area (Å²) in [6.45, 7) is 5.45. The summed E-state index contributed by atoms with van der Waals surface area (Å²) < 4.78 is 5.57. The zero-order valence-electron chi connectivity index (χ0n) is 29.2.